The second-order valence-electron chi connectivity index (χ2n) is 4.83. The summed E-state index contributed by atoms with van der Waals surface area (Å²) in [5, 5.41) is 3.14. The Balaban J connectivity index is 1.51. The number of carbonyl (C=O) groups excluding carboxylic acids is 2. The predicted molar refractivity (Wildman–Crippen MR) is 63.6 cm³/mol. The van der Waals surface area contributed by atoms with Gasteiger partial charge in [-0.25, -0.2) is 4.98 Å². The maximum Gasteiger partial charge on any atom is 0.247 e. The highest BCUT2D eigenvalue weighted by Crippen LogP contribution is 2.31. The van der Waals surface area contributed by atoms with Crippen molar-refractivity contribution in [1.82, 2.24) is 20.2 Å². The fourth-order valence-electron chi connectivity index (χ4n) is 2.33. The van der Waals surface area contributed by atoms with Gasteiger partial charge in [-0.05, 0) is 12.8 Å². The molecular weight excluding hydrogens is 232 g/mol. The van der Waals surface area contributed by atoms with Crippen molar-refractivity contribution in [2.45, 2.75) is 37.8 Å². The number of nitrogens with one attached hydrogen (secondary N) is 2. The summed E-state index contributed by atoms with van der Waals surface area (Å²) in [7, 11) is 0. The smallest absolute Gasteiger partial charge is 0.247 e. The van der Waals surface area contributed by atoms with Crippen molar-refractivity contribution in [3.63, 3.8) is 0 Å². The lowest BCUT2D eigenvalue weighted by molar-refractivity contribution is -0.139. The van der Waals surface area contributed by atoms with E-state index in [0.717, 1.165) is 25.1 Å². The van der Waals surface area contributed by atoms with Crippen LogP contribution in [0.1, 0.15) is 25.1 Å². The summed E-state index contributed by atoms with van der Waals surface area (Å²) in [5.41, 5.74) is 0. The van der Waals surface area contributed by atoms with Gasteiger partial charge in [0.05, 0.1) is 12.5 Å². The number of imidazole rings is 1. The molecule has 2 aliphatic rings. The largest absolute Gasteiger partial charge is 0.349 e. The van der Waals surface area contributed by atoms with Crippen molar-refractivity contribution in [3.05, 3.63) is 18.2 Å². The summed E-state index contributed by atoms with van der Waals surface area (Å²) in [5.74, 6) is 0.804. The summed E-state index contributed by atoms with van der Waals surface area (Å²) in [6.45, 7) is 0.649. The topological polar surface area (TPSA) is 78.1 Å². The second kappa shape index (κ2) is 4.53. The Kier molecular flexibility index (Phi) is 2.87. The molecule has 2 N–H and O–H groups in total. The Morgan fingerprint density at radius 1 is 1.44 bits per heavy atom. The zero-order valence-corrected chi connectivity index (χ0v) is 10.1. The van der Waals surface area contributed by atoms with Crippen LogP contribution >= 0.6 is 0 Å². The number of likely N-dealkylation sites (tertiary alicyclic amines) is 1. The Bertz CT molecular complexity index is 453. The first-order valence-corrected chi connectivity index (χ1v) is 6.33. The number of aromatic amines is 1. The first-order chi connectivity index (χ1) is 8.75. The molecule has 1 aromatic rings. The zero-order chi connectivity index (χ0) is 12.5. The summed E-state index contributed by atoms with van der Waals surface area (Å²) < 4.78 is 0. The standard InChI is InChI=1S/C12H16N4O2/c17-11-7-9(12(18)16(11)8-1-2-8)13-4-3-10-14-5-6-15-10/h5-6,8-9,13H,1-4,7H2,(H,14,15). The lowest BCUT2D eigenvalue weighted by Gasteiger charge is -2.14. The molecule has 1 atom stereocenters. The van der Waals surface area contributed by atoms with Gasteiger partial charge in [0.2, 0.25) is 11.8 Å². The van der Waals surface area contributed by atoms with Crippen molar-refractivity contribution < 1.29 is 9.59 Å². The highest BCUT2D eigenvalue weighted by atomic mass is 16.2. The number of nitrogens with zero attached hydrogens (tertiary/aromatic N) is 2. The maximum absolute atomic E-state index is 12.0. The molecule has 0 bridgehead atoms. The van der Waals surface area contributed by atoms with E-state index in [2.05, 4.69) is 15.3 Å². The Hall–Kier alpha value is -1.69. The number of rotatable bonds is 5. The van der Waals surface area contributed by atoms with E-state index in [0.29, 0.717) is 13.0 Å². The average Bonchev–Trinajstić information content (AvgIpc) is 2.95. The van der Waals surface area contributed by atoms with Crippen molar-refractivity contribution in [2.24, 2.45) is 0 Å². The highest BCUT2D eigenvalue weighted by molar-refractivity contribution is 6.06. The van der Waals surface area contributed by atoms with Gasteiger partial charge in [-0.15, -0.1) is 0 Å². The fourth-order valence-corrected chi connectivity index (χ4v) is 2.33. The van der Waals surface area contributed by atoms with Gasteiger partial charge in [0.1, 0.15) is 5.82 Å². The molecule has 6 nitrogen and oxygen atoms in total. The van der Waals surface area contributed by atoms with Crippen molar-refractivity contribution in [3.8, 4) is 0 Å². The molecule has 18 heavy (non-hydrogen) atoms. The van der Waals surface area contributed by atoms with Crippen LogP contribution in [0.2, 0.25) is 0 Å². The lowest BCUT2D eigenvalue weighted by Crippen LogP contribution is -2.40. The first-order valence-electron chi connectivity index (χ1n) is 6.33. The molecule has 2 fully saturated rings. The summed E-state index contributed by atoms with van der Waals surface area (Å²) in [6.07, 6.45) is 6.44. The second-order valence-corrected chi connectivity index (χ2v) is 4.83. The van der Waals surface area contributed by atoms with E-state index < -0.39 is 0 Å². The van der Waals surface area contributed by atoms with Crippen LogP contribution in [0, 0.1) is 0 Å². The van der Waals surface area contributed by atoms with Crippen molar-refractivity contribution in [2.75, 3.05) is 6.54 Å². The molecule has 0 spiro atoms. The molecule has 3 rings (SSSR count). The Morgan fingerprint density at radius 2 is 2.28 bits per heavy atom. The third-order valence-corrected chi connectivity index (χ3v) is 3.40. The van der Waals surface area contributed by atoms with Crippen LogP contribution in [0.4, 0.5) is 0 Å². The zero-order valence-electron chi connectivity index (χ0n) is 10.1. The fraction of sp³-hybridized carbons (Fsp3) is 0.583. The number of hydrogen-bond donors (Lipinski definition) is 2. The lowest BCUT2D eigenvalue weighted by atomic mass is 10.2. The molecular formula is C12H16N4O2. The van der Waals surface area contributed by atoms with E-state index in [4.69, 9.17) is 0 Å². The van der Waals surface area contributed by atoms with Crippen LogP contribution in [0.3, 0.4) is 0 Å². The summed E-state index contributed by atoms with van der Waals surface area (Å²) >= 11 is 0. The van der Waals surface area contributed by atoms with Gasteiger partial charge in [0.15, 0.2) is 0 Å². The van der Waals surface area contributed by atoms with Crippen LogP contribution in [0.15, 0.2) is 12.4 Å². The van der Waals surface area contributed by atoms with Gasteiger partial charge in [0, 0.05) is 31.4 Å². The minimum absolute atomic E-state index is 0.0296. The van der Waals surface area contributed by atoms with E-state index in [-0.39, 0.29) is 23.9 Å². The number of H-pyrrole nitrogens is 1. The van der Waals surface area contributed by atoms with Crippen LogP contribution < -0.4 is 5.32 Å². The van der Waals surface area contributed by atoms with Gasteiger partial charge in [-0.3, -0.25) is 14.5 Å². The molecule has 1 saturated heterocycles. The minimum atomic E-state index is -0.340. The summed E-state index contributed by atoms with van der Waals surface area (Å²) in [6, 6.07) is -0.157. The SMILES string of the molecule is O=C1CC(NCCc2ncc[nH]2)C(=O)N1C1CC1. The number of imide groups is 1. The maximum atomic E-state index is 12.0. The van der Waals surface area contributed by atoms with E-state index in [1.807, 2.05) is 0 Å². The van der Waals surface area contributed by atoms with Gasteiger partial charge >= 0.3 is 0 Å². The van der Waals surface area contributed by atoms with Crippen LogP contribution in [-0.4, -0.2) is 45.3 Å². The van der Waals surface area contributed by atoms with Gasteiger partial charge < -0.3 is 10.3 Å². The molecule has 2 amide bonds. The molecule has 1 aliphatic carbocycles. The summed E-state index contributed by atoms with van der Waals surface area (Å²) in [4.78, 5) is 32.3. The van der Waals surface area contributed by atoms with E-state index >= 15 is 0 Å². The normalized spacial score (nSPS) is 24.0. The predicted octanol–water partition coefficient (Wildman–Crippen LogP) is -0.168. The number of amides is 2. The van der Waals surface area contributed by atoms with Crippen molar-refractivity contribution >= 4 is 11.8 Å². The third kappa shape index (κ3) is 2.15. The van der Waals surface area contributed by atoms with Crippen LogP contribution in [0.5, 0.6) is 0 Å². The molecule has 1 aromatic heterocycles. The number of aromatic nitrogens is 2. The van der Waals surface area contributed by atoms with E-state index in [1.165, 1.54) is 4.90 Å². The molecule has 0 aromatic carbocycles. The molecule has 1 saturated carbocycles. The van der Waals surface area contributed by atoms with Crippen LogP contribution in [0.25, 0.3) is 0 Å². The quantitative estimate of drug-likeness (QED) is 0.709. The van der Waals surface area contributed by atoms with Gasteiger partial charge in [0.25, 0.3) is 0 Å². The molecule has 96 valence electrons. The molecule has 0 radical (unpaired) electrons. The van der Waals surface area contributed by atoms with Crippen molar-refractivity contribution in [1.29, 1.82) is 0 Å². The molecule has 1 unspecified atom stereocenters. The molecule has 2 heterocycles. The monoisotopic (exact) mass is 248 g/mol. The van der Waals surface area contributed by atoms with Gasteiger partial charge in [-0.1, -0.05) is 0 Å². The van der Waals surface area contributed by atoms with Crippen LogP contribution in [-0.2, 0) is 16.0 Å². The minimum Gasteiger partial charge on any atom is -0.349 e. The van der Waals surface area contributed by atoms with E-state index in [1.54, 1.807) is 12.4 Å². The average molecular weight is 248 g/mol. The highest BCUT2D eigenvalue weighted by Gasteiger charge is 2.45. The first kappa shape index (κ1) is 11.4. The Labute approximate surface area is 105 Å². The van der Waals surface area contributed by atoms with Gasteiger partial charge in [-0.2, -0.15) is 0 Å². The van der Waals surface area contributed by atoms with E-state index in [9.17, 15) is 9.59 Å². The molecule has 1 aliphatic heterocycles. The third-order valence-electron chi connectivity index (χ3n) is 3.40. The number of hydrogen-bond acceptors (Lipinski definition) is 4. The Morgan fingerprint density at radius 3 is 2.94 bits per heavy atom. The number of carbonyl (C=O) groups is 2. The molecule has 6 heteroatoms.